The fraction of sp³-hybridized carbons (Fsp3) is 0.259. The van der Waals surface area contributed by atoms with Gasteiger partial charge in [0, 0.05) is 41.9 Å². The standard InChI is InChI=1S/C23H25ClN2O3.C4H4O4/c1-2-29-23(28)9-5-12-25-13-6-14-26-20-8-4-3-7-19(20)22(27)15-17-10-11-18(24)16-21(17)26;5-3-8-2-1-4(6)7/h3-5,7-11,16,25H,2,6,12-15H2,1H3;1-3H,(H,6,7)/b9-5+;2-1-. The first-order valence-electron chi connectivity index (χ1n) is 11.6. The van der Waals surface area contributed by atoms with E-state index in [0.717, 1.165) is 48.3 Å². The van der Waals surface area contributed by atoms with Crippen LogP contribution in [-0.2, 0) is 30.3 Å². The molecule has 9 nitrogen and oxygen atoms in total. The van der Waals surface area contributed by atoms with Crippen LogP contribution in [0.25, 0.3) is 0 Å². The molecule has 2 aromatic rings. The number of hydrogen-bond acceptors (Lipinski definition) is 8. The summed E-state index contributed by atoms with van der Waals surface area (Å²) in [5.74, 6) is -1.35. The number of benzene rings is 2. The molecule has 0 atom stereocenters. The number of nitrogens with zero attached hydrogens (tertiary/aromatic N) is 1. The van der Waals surface area contributed by atoms with E-state index < -0.39 is 5.97 Å². The van der Waals surface area contributed by atoms with Crippen molar-refractivity contribution in [2.24, 2.45) is 0 Å². The largest absolute Gasteiger partial charge is 0.478 e. The molecular weight excluding hydrogens is 500 g/mol. The third-order valence-electron chi connectivity index (χ3n) is 5.07. The van der Waals surface area contributed by atoms with Crippen molar-refractivity contribution in [2.45, 2.75) is 19.8 Å². The number of hydrogen-bond donors (Lipinski definition) is 2. The second-order valence-electron chi connectivity index (χ2n) is 7.63. The highest BCUT2D eigenvalue weighted by atomic mass is 35.5. The molecule has 2 N–H and O–H groups in total. The Balaban J connectivity index is 0.000000521. The molecule has 0 amide bonds. The molecule has 0 fully saturated rings. The van der Waals surface area contributed by atoms with E-state index in [9.17, 15) is 19.2 Å². The molecule has 0 bridgehead atoms. The number of carbonyl (C=O) groups excluding carboxylic acids is 3. The number of carboxylic acid groups (broad SMARTS) is 1. The van der Waals surface area contributed by atoms with Crippen LogP contribution in [-0.4, -0.2) is 55.5 Å². The average molecular weight is 529 g/mol. The zero-order chi connectivity index (χ0) is 27.0. The van der Waals surface area contributed by atoms with Gasteiger partial charge in [-0.05, 0) is 49.7 Å². The van der Waals surface area contributed by atoms with Crippen molar-refractivity contribution >= 4 is 47.2 Å². The van der Waals surface area contributed by atoms with Crippen molar-refractivity contribution < 1.29 is 33.8 Å². The Morgan fingerprint density at radius 1 is 1.16 bits per heavy atom. The maximum Gasteiger partial charge on any atom is 0.331 e. The Hall–Kier alpha value is -3.95. The highest BCUT2D eigenvalue weighted by Crippen LogP contribution is 2.37. The molecule has 37 heavy (non-hydrogen) atoms. The van der Waals surface area contributed by atoms with Crippen LogP contribution < -0.4 is 10.2 Å². The fourth-order valence-corrected chi connectivity index (χ4v) is 3.71. The molecule has 0 aromatic heterocycles. The van der Waals surface area contributed by atoms with Gasteiger partial charge in [-0.15, -0.1) is 0 Å². The first kappa shape index (κ1) is 29.3. The summed E-state index contributed by atoms with van der Waals surface area (Å²) in [6.45, 7) is 4.41. The smallest absolute Gasteiger partial charge is 0.331 e. The van der Waals surface area contributed by atoms with Crippen LogP contribution in [0.5, 0.6) is 0 Å². The lowest BCUT2D eigenvalue weighted by Gasteiger charge is -2.27. The molecule has 196 valence electrons. The zero-order valence-corrected chi connectivity index (χ0v) is 21.1. The maximum atomic E-state index is 12.7. The Bertz CT molecular complexity index is 1150. The zero-order valence-electron chi connectivity index (χ0n) is 20.4. The predicted octanol–water partition coefficient (Wildman–Crippen LogP) is 4.07. The van der Waals surface area contributed by atoms with Gasteiger partial charge in [0.1, 0.15) is 6.26 Å². The van der Waals surface area contributed by atoms with E-state index in [-0.39, 0.29) is 18.2 Å². The summed E-state index contributed by atoms with van der Waals surface area (Å²) in [5, 5.41) is 11.8. The van der Waals surface area contributed by atoms with E-state index in [1.54, 1.807) is 13.0 Å². The van der Waals surface area contributed by atoms with Crippen LogP contribution in [0.2, 0.25) is 5.02 Å². The molecule has 0 spiro atoms. The third-order valence-corrected chi connectivity index (χ3v) is 5.30. The predicted molar refractivity (Wildman–Crippen MR) is 140 cm³/mol. The van der Waals surface area contributed by atoms with Gasteiger partial charge in [-0.3, -0.25) is 9.59 Å². The lowest BCUT2D eigenvalue weighted by molar-refractivity contribution is -0.137. The van der Waals surface area contributed by atoms with Crippen LogP contribution in [0.15, 0.2) is 67.0 Å². The van der Waals surface area contributed by atoms with Gasteiger partial charge in [0.2, 0.25) is 0 Å². The number of para-hydroxylation sites is 1. The summed E-state index contributed by atoms with van der Waals surface area (Å²) < 4.78 is 8.75. The van der Waals surface area contributed by atoms with Gasteiger partial charge in [-0.2, -0.15) is 0 Å². The van der Waals surface area contributed by atoms with Crippen LogP contribution in [0.4, 0.5) is 11.4 Å². The summed E-state index contributed by atoms with van der Waals surface area (Å²) in [6.07, 6.45) is 5.93. The maximum absolute atomic E-state index is 12.7. The third kappa shape index (κ3) is 9.91. The van der Waals surface area contributed by atoms with E-state index >= 15 is 0 Å². The van der Waals surface area contributed by atoms with Crippen molar-refractivity contribution in [2.75, 3.05) is 31.1 Å². The number of esters is 1. The van der Waals surface area contributed by atoms with Gasteiger partial charge >= 0.3 is 11.9 Å². The number of anilines is 2. The van der Waals surface area contributed by atoms with Gasteiger partial charge < -0.3 is 24.8 Å². The Labute approximate surface area is 220 Å². The lowest BCUT2D eigenvalue weighted by Crippen LogP contribution is -2.24. The first-order valence-corrected chi connectivity index (χ1v) is 12.0. The topological polar surface area (TPSA) is 122 Å². The second-order valence-corrected chi connectivity index (χ2v) is 8.06. The number of fused-ring (bicyclic) bond motifs is 2. The number of Topliss-reactive ketones (excluding diaryl/α,β-unsaturated/α-hetero) is 1. The van der Waals surface area contributed by atoms with E-state index in [4.69, 9.17) is 21.4 Å². The normalized spacial score (nSPS) is 12.3. The molecule has 0 aliphatic carbocycles. The number of nitrogens with one attached hydrogen (secondary N) is 1. The number of ketones is 1. The molecule has 1 heterocycles. The van der Waals surface area contributed by atoms with Gasteiger partial charge in [-0.1, -0.05) is 35.9 Å². The highest BCUT2D eigenvalue weighted by Gasteiger charge is 2.25. The van der Waals surface area contributed by atoms with Gasteiger partial charge in [0.05, 0.1) is 18.4 Å². The molecule has 10 heteroatoms. The summed E-state index contributed by atoms with van der Waals surface area (Å²) in [4.78, 5) is 45.1. The van der Waals surface area contributed by atoms with E-state index in [0.29, 0.717) is 30.7 Å². The van der Waals surface area contributed by atoms with Crippen molar-refractivity contribution in [1.82, 2.24) is 5.32 Å². The summed E-state index contributed by atoms with van der Waals surface area (Å²) in [5.41, 5.74) is 3.63. The lowest BCUT2D eigenvalue weighted by atomic mass is 10.0. The Morgan fingerprint density at radius 2 is 1.95 bits per heavy atom. The van der Waals surface area contributed by atoms with Crippen molar-refractivity contribution in [3.05, 3.63) is 83.1 Å². The minimum atomic E-state index is -1.15. The number of carboxylic acids is 1. The van der Waals surface area contributed by atoms with E-state index in [1.165, 1.54) is 6.08 Å². The van der Waals surface area contributed by atoms with Gasteiger partial charge in [0.25, 0.3) is 6.47 Å². The monoisotopic (exact) mass is 528 g/mol. The molecule has 3 rings (SSSR count). The molecular formula is C27H29ClN2O7. The quantitative estimate of drug-likeness (QED) is 0.146. The minimum absolute atomic E-state index is 0.119. The van der Waals surface area contributed by atoms with Crippen molar-refractivity contribution in [1.29, 1.82) is 0 Å². The fourth-order valence-electron chi connectivity index (χ4n) is 3.54. The van der Waals surface area contributed by atoms with E-state index in [2.05, 4.69) is 15.0 Å². The van der Waals surface area contributed by atoms with E-state index in [1.807, 2.05) is 42.5 Å². The van der Waals surface area contributed by atoms with Crippen LogP contribution >= 0.6 is 11.6 Å². The SMILES string of the molecule is CCOC(=O)/C=C/CNCCCN1c2cc(Cl)ccc2CC(=O)c2ccccc21.O=CO/C=C\C(=O)O. The first-order chi connectivity index (χ1) is 17.9. The van der Waals surface area contributed by atoms with Crippen LogP contribution in [0.3, 0.4) is 0 Å². The molecule has 0 saturated heterocycles. The molecule has 0 unspecified atom stereocenters. The Kier molecular flexibility index (Phi) is 12.6. The summed E-state index contributed by atoms with van der Waals surface area (Å²) in [6, 6.07) is 13.4. The van der Waals surface area contributed by atoms with Gasteiger partial charge in [0.15, 0.2) is 5.78 Å². The summed E-state index contributed by atoms with van der Waals surface area (Å²) in [7, 11) is 0. The second kappa shape index (κ2) is 15.9. The van der Waals surface area contributed by atoms with Crippen molar-refractivity contribution in [3.63, 3.8) is 0 Å². The molecule has 1 aliphatic rings. The minimum Gasteiger partial charge on any atom is -0.478 e. The number of aliphatic carboxylic acids is 1. The molecule has 1 aliphatic heterocycles. The average Bonchev–Trinajstić information content (AvgIpc) is 2.98. The number of ether oxygens (including phenoxy) is 2. The molecule has 2 aromatic carbocycles. The molecule has 0 radical (unpaired) electrons. The summed E-state index contributed by atoms with van der Waals surface area (Å²) >= 11 is 6.26. The number of carbonyl (C=O) groups is 4. The van der Waals surface area contributed by atoms with Crippen molar-refractivity contribution in [3.8, 4) is 0 Å². The van der Waals surface area contributed by atoms with Gasteiger partial charge in [-0.25, -0.2) is 9.59 Å². The Morgan fingerprint density at radius 3 is 2.68 bits per heavy atom. The number of halogens is 1. The number of rotatable bonds is 11. The molecule has 0 saturated carbocycles. The van der Waals surface area contributed by atoms with Crippen LogP contribution in [0.1, 0.15) is 29.3 Å². The van der Waals surface area contributed by atoms with Crippen LogP contribution in [0, 0.1) is 0 Å². The highest BCUT2D eigenvalue weighted by molar-refractivity contribution is 6.31.